The maximum absolute atomic E-state index is 12.5. The first-order chi connectivity index (χ1) is 14.3. The fourth-order valence-corrected chi connectivity index (χ4v) is 2.44. The molecule has 0 aromatic heterocycles. The number of hydrogen-bond acceptors (Lipinski definition) is 8. The van der Waals surface area contributed by atoms with Crippen molar-refractivity contribution in [2.45, 2.75) is 20.0 Å². The third kappa shape index (κ3) is 5.23. The molecule has 2 aromatic carbocycles. The Bertz CT molecular complexity index is 997. The summed E-state index contributed by atoms with van der Waals surface area (Å²) in [6.07, 6.45) is -1.25. The number of anilines is 1. The Kier molecular flexibility index (Phi) is 7.30. The second kappa shape index (κ2) is 9.88. The minimum atomic E-state index is -1.25. The topological polar surface area (TPSA) is 141 Å². The number of rotatable bonds is 8. The summed E-state index contributed by atoms with van der Waals surface area (Å²) in [5.41, 5.74) is -0.0948. The molecule has 0 radical (unpaired) electrons. The monoisotopic (exact) mass is 413 g/mol. The zero-order valence-electron chi connectivity index (χ0n) is 16.5. The van der Waals surface area contributed by atoms with Gasteiger partial charge in [0.1, 0.15) is 5.56 Å². The van der Waals surface area contributed by atoms with Gasteiger partial charge in [-0.3, -0.25) is 14.9 Å². The van der Waals surface area contributed by atoms with Gasteiger partial charge in [-0.25, -0.2) is 4.79 Å². The highest BCUT2D eigenvalue weighted by atomic mass is 16.6. The van der Waals surface area contributed by atoms with Crippen molar-refractivity contribution in [1.82, 2.24) is 0 Å². The average molecular weight is 413 g/mol. The molecule has 0 saturated heterocycles. The molecule has 0 bridgehead atoms. The van der Waals surface area contributed by atoms with Gasteiger partial charge in [0.15, 0.2) is 17.6 Å². The van der Waals surface area contributed by atoms with Crippen molar-refractivity contribution in [1.29, 1.82) is 5.26 Å². The predicted octanol–water partition coefficient (Wildman–Crippen LogP) is 3.06. The van der Waals surface area contributed by atoms with Gasteiger partial charge in [-0.15, -0.1) is 0 Å². The van der Waals surface area contributed by atoms with E-state index in [0.29, 0.717) is 11.3 Å². The number of hydrogen-bond donors (Lipinski definition) is 1. The molecule has 10 heteroatoms. The van der Waals surface area contributed by atoms with Gasteiger partial charge >= 0.3 is 5.97 Å². The van der Waals surface area contributed by atoms with E-state index in [4.69, 9.17) is 19.5 Å². The van der Waals surface area contributed by atoms with Crippen LogP contribution in [0.5, 0.6) is 11.5 Å². The van der Waals surface area contributed by atoms with Crippen molar-refractivity contribution in [2.24, 2.45) is 0 Å². The fourth-order valence-electron chi connectivity index (χ4n) is 2.44. The summed E-state index contributed by atoms with van der Waals surface area (Å²) in [6, 6.07) is 10.2. The van der Waals surface area contributed by atoms with E-state index in [-0.39, 0.29) is 23.7 Å². The van der Waals surface area contributed by atoms with Gasteiger partial charge in [0.05, 0.1) is 36.3 Å². The van der Waals surface area contributed by atoms with Crippen molar-refractivity contribution in [2.75, 3.05) is 19.0 Å². The Morgan fingerprint density at radius 3 is 2.43 bits per heavy atom. The highest BCUT2D eigenvalue weighted by Gasteiger charge is 2.28. The fraction of sp³-hybridized carbons (Fsp3) is 0.250. The highest BCUT2D eigenvalue weighted by molar-refractivity contribution is 5.99. The Hall–Kier alpha value is -4.13. The number of carbonyl (C=O) groups excluding carboxylic acids is 2. The van der Waals surface area contributed by atoms with E-state index in [1.165, 1.54) is 38.3 Å². The quantitative estimate of drug-likeness (QED) is 0.395. The first kappa shape index (κ1) is 22.2. The Morgan fingerprint density at radius 1 is 1.23 bits per heavy atom. The van der Waals surface area contributed by atoms with Gasteiger partial charge in [-0.05, 0) is 38.1 Å². The van der Waals surface area contributed by atoms with Crippen molar-refractivity contribution in [3.05, 3.63) is 57.6 Å². The molecule has 0 fully saturated rings. The zero-order chi connectivity index (χ0) is 22.3. The number of nitro benzene ring substituents is 1. The maximum Gasteiger partial charge on any atom is 0.346 e. The van der Waals surface area contributed by atoms with Gasteiger partial charge in [0.2, 0.25) is 0 Å². The molecular formula is C20H19N3O7. The number of esters is 1. The average Bonchev–Trinajstić information content (AvgIpc) is 2.73. The van der Waals surface area contributed by atoms with E-state index >= 15 is 0 Å². The van der Waals surface area contributed by atoms with Gasteiger partial charge in [0.25, 0.3) is 11.6 Å². The SMILES string of the molecule is CCOc1cc(C(=O)O[C@H](C)C(=O)Nc2ccc(C#N)cc2)c([N+](=O)[O-])cc1OC. The van der Waals surface area contributed by atoms with Crippen LogP contribution in [0.1, 0.15) is 29.8 Å². The van der Waals surface area contributed by atoms with Crippen LogP contribution in [-0.2, 0) is 9.53 Å². The zero-order valence-corrected chi connectivity index (χ0v) is 16.5. The lowest BCUT2D eigenvalue weighted by molar-refractivity contribution is -0.385. The van der Waals surface area contributed by atoms with E-state index in [2.05, 4.69) is 5.32 Å². The molecule has 1 amide bonds. The van der Waals surface area contributed by atoms with Crippen molar-refractivity contribution < 1.29 is 28.7 Å². The van der Waals surface area contributed by atoms with Crippen LogP contribution in [0.4, 0.5) is 11.4 Å². The van der Waals surface area contributed by atoms with Gasteiger partial charge in [-0.2, -0.15) is 5.26 Å². The molecule has 0 aliphatic carbocycles. The first-order valence-electron chi connectivity index (χ1n) is 8.81. The molecule has 1 N–H and O–H groups in total. The van der Waals surface area contributed by atoms with Crippen LogP contribution in [0, 0.1) is 21.4 Å². The minimum absolute atomic E-state index is 0.0895. The Morgan fingerprint density at radius 2 is 1.90 bits per heavy atom. The van der Waals surface area contributed by atoms with Crippen LogP contribution in [-0.4, -0.2) is 36.6 Å². The van der Waals surface area contributed by atoms with Crippen molar-refractivity contribution in [3.63, 3.8) is 0 Å². The molecule has 2 rings (SSSR count). The lowest BCUT2D eigenvalue weighted by Crippen LogP contribution is -2.30. The number of amides is 1. The molecular weight excluding hydrogens is 394 g/mol. The van der Waals surface area contributed by atoms with E-state index in [0.717, 1.165) is 12.1 Å². The molecule has 10 nitrogen and oxygen atoms in total. The van der Waals surface area contributed by atoms with Crippen molar-refractivity contribution >= 4 is 23.3 Å². The number of methoxy groups -OCH3 is 1. The van der Waals surface area contributed by atoms with E-state index < -0.39 is 28.6 Å². The molecule has 0 spiro atoms. The molecule has 0 unspecified atom stereocenters. The summed E-state index contributed by atoms with van der Waals surface area (Å²) < 4.78 is 15.5. The van der Waals surface area contributed by atoms with Gasteiger partial charge < -0.3 is 19.5 Å². The lowest BCUT2D eigenvalue weighted by Gasteiger charge is -2.15. The van der Waals surface area contributed by atoms with E-state index in [1.807, 2.05) is 6.07 Å². The molecule has 0 aliphatic heterocycles. The minimum Gasteiger partial charge on any atom is -0.493 e. The summed E-state index contributed by atoms with van der Waals surface area (Å²) in [7, 11) is 1.31. The highest BCUT2D eigenvalue weighted by Crippen LogP contribution is 2.35. The number of benzene rings is 2. The molecule has 0 heterocycles. The van der Waals surface area contributed by atoms with Crippen molar-refractivity contribution in [3.8, 4) is 17.6 Å². The number of carbonyl (C=O) groups is 2. The molecule has 0 aliphatic rings. The normalized spacial score (nSPS) is 11.0. The number of nitrogens with one attached hydrogen (secondary N) is 1. The summed E-state index contributed by atoms with van der Waals surface area (Å²) in [5.74, 6) is -1.49. The smallest absolute Gasteiger partial charge is 0.346 e. The summed E-state index contributed by atoms with van der Waals surface area (Å²) >= 11 is 0. The third-order valence-corrected chi connectivity index (χ3v) is 3.93. The van der Waals surface area contributed by atoms with Crippen LogP contribution in [0.2, 0.25) is 0 Å². The van der Waals surface area contributed by atoms with Gasteiger partial charge in [0, 0.05) is 11.8 Å². The van der Waals surface area contributed by atoms with Crippen LogP contribution < -0.4 is 14.8 Å². The third-order valence-electron chi connectivity index (χ3n) is 3.93. The predicted molar refractivity (Wildman–Crippen MR) is 105 cm³/mol. The first-order valence-corrected chi connectivity index (χ1v) is 8.81. The summed E-state index contributed by atoms with van der Waals surface area (Å²) in [5, 5.41) is 22.7. The Labute approximate surface area is 172 Å². The molecule has 1 atom stereocenters. The molecule has 30 heavy (non-hydrogen) atoms. The van der Waals surface area contributed by atoms with Gasteiger partial charge in [-0.1, -0.05) is 0 Å². The number of nitriles is 1. The summed E-state index contributed by atoms with van der Waals surface area (Å²) in [4.78, 5) is 35.5. The maximum atomic E-state index is 12.5. The second-order valence-corrected chi connectivity index (χ2v) is 5.94. The molecule has 0 saturated carbocycles. The summed E-state index contributed by atoms with van der Waals surface area (Å²) in [6.45, 7) is 3.27. The number of ether oxygens (including phenoxy) is 3. The van der Waals surface area contributed by atoms with E-state index in [9.17, 15) is 19.7 Å². The Balaban J connectivity index is 2.20. The molecule has 156 valence electrons. The second-order valence-electron chi connectivity index (χ2n) is 5.94. The largest absolute Gasteiger partial charge is 0.493 e. The standard InChI is InChI=1S/C20H19N3O7/c1-4-29-18-9-15(16(23(26)27)10-17(18)28-3)20(25)30-12(2)19(24)22-14-7-5-13(11-21)6-8-14/h5-10,12H,4H2,1-3H3,(H,22,24)/t12-/m1/s1. The van der Waals surface area contributed by atoms with Crippen LogP contribution in [0.25, 0.3) is 0 Å². The van der Waals surface area contributed by atoms with Crippen LogP contribution >= 0.6 is 0 Å². The van der Waals surface area contributed by atoms with Crippen LogP contribution in [0.3, 0.4) is 0 Å². The number of nitro groups is 1. The molecule has 2 aromatic rings. The number of nitrogens with zero attached hydrogens (tertiary/aromatic N) is 2. The lowest BCUT2D eigenvalue weighted by atomic mass is 10.1. The van der Waals surface area contributed by atoms with Crippen LogP contribution in [0.15, 0.2) is 36.4 Å². The van der Waals surface area contributed by atoms with E-state index in [1.54, 1.807) is 6.92 Å².